The Bertz CT molecular complexity index is 618. The predicted molar refractivity (Wildman–Crippen MR) is 72.1 cm³/mol. The summed E-state index contributed by atoms with van der Waals surface area (Å²) in [5, 5.41) is 28.8. The van der Waals surface area contributed by atoms with Crippen LogP contribution in [-0.2, 0) is 19.0 Å². The Morgan fingerprint density at radius 3 is 2.52 bits per heavy atom. The van der Waals surface area contributed by atoms with E-state index in [0.29, 0.717) is 0 Å². The lowest BCUT2D eigenvalue weighted by Gasteiger charge is -2.29. The third-order valence-electron chi connectivity index (χ3n) is 3.34. The molecule has 118 valence electrons. The fourth-order valence-corrected chi connectivity index (χ4v) is 2.87. The average Bonchev–Trinajstić information content (AvgIpc) is 2.70. The third-order valence-corrected chi connectivity index (χ3v) is 4.62. The maximum absolute atomic E-state index is 12.1. The number of benzene rings is 1. The van der Waals surface area contributed by atoms with Crippen molar-refractivity contribution in [2.24, 2.45) is 0 Å². The van der Waals surface area contributed by atoms with Gasteiger partial charge in [0.1, 0.15) is 24.4 Å². The van der Waals surface area contributed by atoms with Gasteiger partial charge in [-0.2, -0.15) is 8.42 Å². The number of hydrogen-bond donors (Lipinski definition) is 3. The monoisotopic (exact) mass is 320 g/mol. The van der Waals surface area contributed by atoms with Crippen molar-refractivity contribution in [3.05, 3.63) is 29.8 Å². The fraction of sp³-hybridized carbons (Fsp3) is 0.538. The Hall–Kier alpha value is -1.03. The zero-order chi connectivity index (χ0) is 16.5. The minimum absolute atomic E-state index is 0.0818. The summed E-state index contributed by atoms with van der Waals surface area (Å²) in [5.74, 6) is 0. The molecule has 1 unspecified atom stereocenters. The number of ether oxygens (including phenoxy) is 1. The first-order chi connectivity index (χ1) is 10.2. The largest absolute Gasteiger partial charge is 0.393 e. The number of hydrogen-bond acceptors (Lipinski definition) is 7. The van der Waals surface area contributed by atoms with Gasteiger partial charge in [0.25, 0.3) is 10.1 Å². The Kier molecular flexibility index (Phi) is 4.25. The van der Waals surface area contributed by atoms with Crippen molar-refractivity contribution in [2.45, 2.75) is 29.6 Å². The van der Waals surface area contributed by atoms with Gasteiger partial charge in [-0.1, -0.05) is 17.7 Å². The van der Waals surface area contributed by atoms with Gasteiger partial charge in [-0.05, 0) is 19.1 Å². The van der Waals surface area contributed by atoms with Gasteiger partial charge < -0.3 is 20.1 Å². The van der Waals surface area contributed by atoms with Gasteiger partial charge in [0.05, 0.1) is 19.5 Å². The molecule has 0 spiro atoms. The summed E-state index contributed by atoms with van der Waals surface area (Å²) in [6.07, 6.45) is -3.19. The fourth-order valence-electron chi connectivity index (χ4n) is 1.91. The van der Waals surface area contributed by atoms with Crippen LogP contribution in [0.5, 0.6) is 0 Å². The van der Waals surface area contributed by atoms with Gasteiger partial charge >= 0.3 is 0 Å². The van der Waals surface area contributed by atoms with Gasteiger partial charge in [-0.25, -0.2) is 0 Å². The zero-order valence-electron chi connectivity index (χ0n) is 12.3. The van der Waals surface area contributed by atoms with Crippen molar-refractivity contribution in [1.82, 2.24) is 0 Å². The van der Waals surface area contributed by atoms with Gasteiger partial charge in [0.15, 0.2) is 0 Å². The lowest BCUT2D eigenvalue weighted by molar-refractivity contribution is -0.115. The van der Waals surface area contributed by atoms with E-state index >= 15 is 0 Å². The van der Waals surface area contributed by atoms with Crippen LogP contribution in [0.3, 0.4) is 0 Å². The SMILES string of the molecule is [3H][C@@H]1O[C@@](CO)(COS(=O)(=O)c2ccc(C)cc2)C(O)[C@@H]1O. The molecule has 1 saturated heterocycles. The van der Waals surface area contributed by atoms with E-state index in [2.05, 4.69) is 0 Å². The molecular formula is C13H18O7S. The van der Waals surface area contributed by atoms with Crippen LogP contribution in [-0.4, -0.2) is 61.3 Å². The van der Waals surface area contributed by atoms with Crippen molar-refractivity contribution in [3.8, 4) is 0 Å². The maximum atomic E-state index is 12.1. The smallest absolute Gasteiger partial charge is 0.297 e. The molecule has 4 atom stereocenters. The summed E-state index contributed by atoms with van der Waals surface area (Å²) in [7, 11) is -4.12. The second kappa shape index (κ2) is 5.99. The second-order valence-corrected chi connectivity index (χ2v) is 6.56. The standard InChI is InChI=1S/C13H18O7S/c1-9-2-4-10(5-3-9)21(17,18)20-8-13(7-14)12(16)11(15)6-19-13/h2-5,11-12,14-16H,6-8H2,1H3/t11-,12?,13+/m1/s1/i6T/t6-,11+,12?,13-/m0. The number of aliphatic hydroxyl groups is 3. The van der Waals surface area contributed by atoms with Crippen LogP contribution in [0.15, 0.2) is 29.2 Å². The summed E-state index contributed by atoms with van der Waals surface area (Å²) in [6, 6.07) is 5.93. The zero-order valence-corrected chi connectivity index (χ0v) is 12.2. The molecule has 21 heavy (non-hydrogen) atoms. The Labute approximate surface area is 124 Å². The molecule has 0 aromatic heterocycles. The molecule has 1 aromatic rings. The molecule has 2 rings (SSSR count). The number of aryl methyl sites for hydroxylation is 1. The van der Waals surface area contributed by atoms with E-state index in [1.165, 1.54) is 12.1 Å². The molecule has 8 heteroatoms. The van der Waals surface area contributed by atoms with Crippen LogP contribution < -0.4 is 0 Å². The van der Waals surface area contributed by atoms with Gasteiger partial charge in [0, 0.05) is 0 Å². The van der Waals surface area contributed by atoms with Gasteiger partial charge in [-0.3, -0.25) is 4.18 Å². The Balaban J connectivity index is 2.15. The van der Waals surface area contributed by atoms with E-state index < -0.39 is 47.7 Å². The molecule has 0 amide bonds. The molecular weight excluding hydrogens is 300 g/mol. The molecule has 1 heterocycles. The first-order valence-corrected chi connectivity index (χ1v) is 7.66. The van der Waals surface area contributed by atoms with Crippen LogP contribution >= 0.6 is 0 Å². The van der Waals surface area contributed by atoms with Crippen molar-refractivity contribution in [3.63, 3.8) is 0 Å². The summed E-state index contributed by atoms with van der Waals surface area (Å²) in [6.45, 7) is -1.21. The minimum Gasteiger partial charge on any atom is -0.393 e. The highest BCUT2D eigenvalue weighted by molar-refractivity contribution is 7.86. The Morgan fingerprint density at radius 1 is 1.43 bits per heavy atom. The molecule has 7 nitrogen and oxygen atoms in total. The molecule has 1 aliphatic heterocycles. The van der Waals surface area contributed by atoms with Gasteiger partial charge in [0.2, 0.25) is 0 Å². The number of rotatable bonds is 5. The molecule has 0 aliphatic carbocycles. The quantitative estimate of drug-likeness (QED) is 0.608. The normalized spacial score (nSPS) is 33.9. The molecule has 1 aromatic carbocycles. The molecule has 0 radical (unpaired) electrons. The summed E-state index contributed by atoms with van der Waals surface area (Å²) in [4.78, 5) is -0.0818. The van der Waals surface area contributed by atoms with Crippen molar-refractivity contribution in [2.75, 3.05) is 19.8 Å². The van der Waals surface area contributed by atoms with E-state index in [9.17, 15) is 23.7 Å². The third kappa shape index (κ3) is 3.25. The lowest BCUT2D eigenvalue weighted by atomic mass is 9.98. The average molecular weight is 320 g/mol. The van der Waals surface area contributed by atoms with E-state index in [1.807, 2.05) is 0 Å². The lowest BCUT2D eigenvalue weighted by Crippen LogP contribution is -2.50. The highest BCUT2D eigenvalue weighted by atomic mass is 32.2. The van der Waals surface area contributed by atoms with Crippen LogP contribution in [0.4, 0.5) is 0 Å². The molecule has 1 aliphatic rings. The highest BCUT2D eigenvalue weighted by Gasteiger charge is 2.49. The summed E-state index contributed by atoms with van der Waals surface area (Å²) in [5.41, 5.74) is -0.982. The first-order valence-electron chi connectivity index (χ1n) is 6.83. The van der Waals surface area contributed by atoms with E-state index in [4.69, 9.17) is 10.3 Å². The number of aliphatic hydroxyl groups excluding tert-OH is 3. The van der Waals surface area contributed by atoms with Crippen molar-refractivity contribution >= 4 is 10.1 Å². The van der Waals surface area contributed by atoms with Crippen LogP contribution in [0.1, 0.15) is 6.93 Å². The van der Waals surface area contributed by atoms with E-state index in [-0.39, 0.29) is 4.90 Å². The maximum Gasteiger partial charge on any atom is 0.297 e. The molecule has 0 saturated carbocycles. The van der Waals surface area contributed by atoms with E-state index in [0.717, 1.165) is 5.56 Å². The van der Waals surface area contributed by atoms with Gasteiger partial charge in [-0.15, -0.1) is 0 Å². The predicted octanol–water partition coefficient (Wildman–Crippen LogP) is -0.817. The van der Waals surface area contributed by atoms with Crippen molar-refractivity contribution in [1.29, 1.82) is 0 Å². The molecule has 1 fully saturated rings. The van der Waals surface area contributed by atoms with Crippen LogP contribution in [0.2, 0.25) is 0 Å². The topological polar surface area (TPSA) is 113 Å². The molecule has 0 bridgehead atoms. The summed E-state index contributed by atoms with van der Waals surface area (Å²) < 4.78 is 41.4. The van der Waals surface area contributed by atoms with Crippen molar-refractivity contribution < 1.29 is 34.0 Å². The van der Waals surface area contributed by atoms with Crippen LogP contribution in [0.25, 0.3) is 0 Å². The highest BCUT2D eigenvalue weighted by Crippen LogP contribution is 2.28. The summed E-state index contributed by atoms with van der Waals surface area (Å²) >= 11 is 0. The minimum atomic E-state index is -4.12. The molecule has 3 N–H and O–H groups in total. The van der Waals surface area contributed by atoms with Crippen LogP contribution in [0, 0.1) is 6.92 Å². The van der Waals surface area contributed by atoms with E-state index in [1.54, 1.807) is 19.1 Å². The Morgan fingerprint density at radius 2 is 2.05 bits per heavy atom. The first kappa shape index (κ1) is 14.9. The second-order valence-electron chi connectivity index (χ2n) is 4.94.